The van der Waals surface area contributed by atoms with Crippen LogP contribution in [0.25, 0.3) is 0 Å². The number of benzene rings is 2. The van der Waals surface area contributed by atoms with Gasteiger partial charge < -0.3 is 14.7 Å². The minimum absolute atomic E-state index is 0.305. The topological polar surface area (TPSA) is 51.0 Å². The maximum absolute atomic E-state index is 8.91. The summed E-state index contributed by atoms with van der Waals surface area (Å²) in [6.07, 6.45) is 0. The van der Waals surface area contributed by atoms with E-state index in [9.17, 15) is 0 Å². The van der Waals surface area contributed by atoms with Crippen molar-refractivity contribution >= 4 is 17.3 Å². The first-order valence-corrected chi connectivity index (χ1v) is 6.76. The number of rotatable bonds is 5. The molecule has 0 atom stereocenters. The Morgan fingerprint density at radius 2 is 1.95 bits per heavy atom. The van der Waals surface area contributed by atoms with Gasteiger partial charge in [0.1, 0.15) is 18.1 Å². The first-order valence-electron chi connectivity index (χ1n) is 6.39. The van der Waals surface area contributed by atoms with Gasteiger partial charge in [0.05, 0.1) is 12.8 Å². The fraction of sp³-hybridized carbons (Fsp3) is 0.188. The van der Waals surface area contributed by atoms with Crippen molar-refractivity contribution in [3.8, 4) is 11.5 Å². The van der Waals surface area contributed by atoms with Crippen molar-refractivity contribution in [1.29, 1.82) is 0 Å². The molecule has 0 fully saturated rings. The van der Waals surface area contributed by atoms with Crippen LogP contribution in [0.2, 0.25) is 5.02 Å². The van der Waals surface area contributed by atoms with Crippen LogP contribution in [0.4, 0.5) is 0 Å². The van der Waals surface area contributed by atoms with Crippen LogP contribution < -0.4 is 9.47 Å². The highest BCUT2D eigenvalue weighted by molar-refractivity contribution is 6.30. The van der Waals surface area contributed by atoms with E-state index in [1.165, 1.54) is 0 Å². The SMILES string of the molecule is COc1ccc(Cl)cc1COc1ccccc1/C(C)=N/O. The fourth-order valence-electron chi connectivity index (χ4n) is 1.96. The summed E-state index contributed by atoms with van der Waals surface area (Å²) in [4.78, 5) is 0. The van der Waals surface area contributed by atoms with Gasteiger partial charge in [-0.05, 0) is 37.3 Å². The van der Waals surface area contributed by atoms with E-state index in [1.54, 1.807) is 32.2 Å². The fourth-order valence-corrected chi connectivity index (χ4v) is 2.16. The molecule has 0 aromatic heterocycles. The quantitative estimate of drug-likeness (QED) is 0.513. The predicted molar refractivity (Wildman–Crippen MR) is 82.8 cm³/mol. The first-order chi connectivity index (χ1) is 10.2. The van der Waals surface area contributed by atoms with E-state index in [0.717, 1.165) is 11.1 Å². The molecule has 2 rings (SSSR count). The molecule has 1 N–H and O–H groups in total. The maximum Gasteiger partial charge on any atom is 0.128 e. The summed E-state index contributed by atoms with van der Waals surface area (Å²) in [7, 11) is 1.60. The van der Waals surface area contributed by atoms with E-state index < -0.39 is 0 Å². The van der Waals surface area contributed by atoms with Gasteiger partial charge >= 0.3 is 0 Å². The second-order valence-corrected chi connectivity index (χ2v) is 4.86. The Morgan fingerprint density at radius 3 is 2.67 bits per heavy atom. The number of oxime groups is 1. The van der Waals surface area contributed by atoms with Gasteiger partial charge in [-0.15, -0.1) is 0 Å². The van der Waals surface area contributed by atoms with E-state index in [-0.39, 0.29) is 0 Å². The largest absolute Gasteiger partial charge is 0.496 e. The second kappa shape index (κ2) is 6.99. The number of hydrogen-bond acceptors (Lipinski definition) is 4. The molecule has 0 aliphatic carbocycles. The van der Waals surface area contributed by atoms with E-state index in [0.29, 0.717) is 28.8 Å². The molecule has 2 aromatic rings. The van der Waals surface area contributed by atoms with Crippen LogP contribution in [0.15, 0.2) is 47.6 Å². The Balaban J connectivity index is 2.23. The van der Waals surface area contributed by atoms with Crippen LogP contribution in [-0.4, -0.2) is 18.0 Å². The van der Waals surface area contributed by atoms with Crippen LogP contribution >= 0.6 is 11.6 Å². The molecule has 0 saturated carbocycles. The number of para-hydroxylation sites is 1. The van der Waals surface area contributed by atoms with Gasteiger partial charge in [0, 0.05) is 16.1 Å². The van der Waals surface area contributed by atoms with Crippen molar-refractivity contribution in [2.24, 2.45) is 5.16 Å². The number of halogens is 1. The Hall–Kier alpha value is -2.20. The zero-order valence-electron chi connectivity index (χ0n) is 11.8. The molecule has 0 saturated heterocycles. The van der Waals surface area contributed by atoms with Gasteiger partial charge in [0.2, 0.25) is 0 Å². The molecule has 5 heteroatoms. The minimum Gasteiger partial charge on any atom is -0.496 e. The van der Waals surface area contributed by atoms with Crippen LogP contribution in [0.1, 0.15) is 18.1 Å². The molecule has 0 aliphatic rings. The number of hydrogen-bond donors (Lipinski definition) is 1. The molecule has 0 spiro atoms. The molecule has 0 unspecified atom stereocenters. The highest BCUT2D eigenvalue weighted by Crippen LogP contribution is 2.26. The van der Waals surface area contributed by atoms with Gasteiger partial charge in [-0.1, -0.05) is 28.9 Å². The molecule has 0 heterocycles. The Bertz CT molecular complexity index is 656. The summed E-state index contributed by atoms with van der Waals surface area (Å²) in [6.45, 7) is 2.02. The van der Waals surface area contributed by atoms with Gasteiger partial charge in [0.25, 0.3) is 0 Å². The van der Waals surface area contributed by atoms with Crippen molar-refractivity contribution in [2.45, 2.75) is 13.5 Å². The second-order valence-electron chi connectivity index (χ2n) is 4.43. The zero-order chi connectivity index (χ0) is 15.2. The van der Waals surface area contributed by atoms with E-state index >= 15 is 0 Å². The van der Waals surface area contributed by atoms with Crippen LogP contribution in [0, 0.1) is 0 Å². The van der Waals surface area contributed by atoms with E-state index in [2.05, 4.69) is 5.16 Å². The highest BCUT2D eigenvalue weighted by atomic mass is 35.5. The van der Waals surface area contributed by atoms with Crippen molar-refractivity contribution in [2.75, 3.05) is 7.11 Å². The summed E-state index contributed by atoms with van der Waals surface area (Å²) >= 11 is 6.00. The Labute approximate surface area is 128 Å². The number of methoxy groups -OCH3 is 1. The lowest BCUT2D eigenvalue weighted by Gasteiger charge is -2.13. The summed E-state index contributed by atoms with van der Waals surface area (Å²) < 4.78 is 11.1. The molecular formula is C16H16ClNO3. The number of ether oxygens (including phenoxy) is 2. The normalized spacial score (nSPS) is 11.3. The molecule has 4 nitrogen and oxygen atoms in total. The zero-order valence-corrected chi connectivity index (χ0v) is 12.6. The standard InChI is InChI=1S/C16H16ClNO3/c1-11(18-19)14-5-3-4-6-16(14)21-10-12-9-13(17)7-8-15(12)20-2/h3-9,19H,10H2,1-2H3/b18-11+. The molecule has 0 amide bonds. The molecular weight excluding hydrogens is 290 g/mol. The predicted octanol–water partition coefficient (Wildman–Crippen LogP) is 4.13. The maximum atomic E-state index is 8.91. The first kappa shape index (κ1) is 15.2. The van der Waals surface area contributed by atoms with Gasteiger partial charge in [-0.2, -0.15) is 0 Å². The molecule has 2 aromatic carbocycles. The lowest BCUT2D eigenvalue weighted by molar-refractivity contribution is 0.295. The van der Waals surface area contributed by atoms with E-state index in [1.807, 2.05) is 24.3 Å². The smallest absolute Gasteiger partial charge is 0.128 e. The van der Waals surface area contributed by atoms with Crippen molar-refractivity contribution < 1.29 is 14.7 Å². The van der Waals surface area contributed by atoms with Crippen LogP contribution in [0.3, 0.4) is 0 Å². The van der Waals surface area contributed by atoms with Crippen LogP contribution in [0.5, 0.6) is 11.5 Å². The van der Waals surface area contributed by atoms with Gasteiger partial charge in [0.15, 0.2) is 0 Å². The molecule has 21 heavy (non-hydrogen) atoms. The molecule has 0 aliphatic heterocycles. The average molecular weight is 306 g/mol. The monoisotopic (exact) mass is 305 g/mol. The van der Waals surface area contributed by atoms with E-state index in [4.69, 9.17) is 26.3 Å². The minimum atomic E-state index is 0.305. The van der Waals surface area contributed by atoms with Crippen molar-refractivity contribution in [3.63, 3.8) is 0 Å². The van der Waals surface area contributed by atoms with Crippen molar-refractivity contribution in [1.82, 2.24) is 0 Å². The van der Waals surface area contributed by atoms with Crippen LogP contribution in [-0.2, 0) is 6.61 Å². The molecule has 110 valence electrons. The average Bonchev–Trinajstić information content (AvgIpc) is 2.52. The Morgan fingerprint density at radius 1 is 1.19 bits per heavy atom. The van der Waals surface area contributed by atoms with Gasteiger partial charge in [-0.3, -0.25) is 0 Å². The lowest BCUT2D eigenvalue weighted by Crippen LogP contribution is -2.03. The van der Waals surface area contributed by atoms with Crippen molar-refractivity contribution in [3.05, 3.63) is 58.6 Å². The summed E-state index contributed by atoms with van der Waals surface area (Å²) in [5.74, 6) is 1.35. The summed E-state index contributed by atoms with van der Waals surface area (Å²) in [5.41, 5.74) is 2.07. The number of nitrogens with zero attached hydrogens (tertiary/aromatic N) is 1. The molecule has 0 radical (unpaired) electrons. The summed E-state index contributed by atoms with van der Waals surface area (Å²) in [5, 5.41) is 12.7. The summed E-state index contributed by atoms with van der Waals surface area (Å²) in [6, 6.07) is 12.7. The molecule has 0 bridgehead atoms. The third kappa shape index (κ3) is 3.67. The Kier molecular flexibility index (Phi) is 5.06. The highest BCUT2D eigenvalue weighted by Gasteiger charge is 2.09. The third-order valence-corrected chi connectivity index (χ3v) is 3.29. The lowest BCUT2D eigenvalue weighted by atomic mass is 10.1. The van der Waals surface area contributed by atoms with Gasteiger partial charge in [-0.25, -0.2) is 0 Å². The third-order valence-electron chi connectivity index (χ3n) is 3.05.